The van der Waals surface area contributed by atoms with Gasteiger partial charge in [-0.2, -0.15) is 9.65 Å². The Balaban J connectivity index is 1.69. The zero-order valence-corrected chi connectivity index (χ0v) is 17.4. The van der Waals surface area contributed by atoms with Crippen LogP contribution in [0.3, 0.4) is 0 Å². The van der Waals surface area contributed by atoms with E-state index in [4.69, 9.17) is 15.6 Å². The molecule has 1 aliphatic heterocycles. The number of ether oxygens (including phenoxy) is 1. The van der Waals surface area contributed by atoms with Gasteiger partial charge in [-0.15, -0.1) is 0 Å². The number of piperidine rings is 1. The minimum Gasteiger partial charge on any atom is -0.489 e. The predicted molar refractivity (Wildman–Crippen MR) is 117 cm³/mol. The Bertz CT molecular complexity index is 1020. The van der Waals surface area contributed by atoms with Crippen LogP contribution in [0.15, 0.2) is 30.5 Å². The maximum Gasteiger partial charge on any atom is 0.212 e. The molecule has 160 valence electrons. The zero-order valence-electron chi connectivity index (χ0n) is 17.4. The quantitative estimate of drug-likeness (QED) is 0.417. The van der Waals surface area contributed by atoms with Crippen molar-refractivity contribution in [2.75, 3.05) is 25.0 Å². The highest BCUT2D eigenvalue weighted by molar-refractivity contribution is 5.91. The first-order valence-corrected chi connectivity index (χ1v) is 10.4. The number of nitrogens with zero attached hydrogens (tertiary/aromatic N) is 4. The second-order valence-corrected chi connectivity index (χ2v) is 8.02. The first kappa shape index (κ1) is 20.8. The molecule has 31 heavy (non-hydrogen) atoms. The number of nitriles is 1. The van der Waals surface area contributed by atoms with Gasteiger partial charge in [0, 0.05) is 43.4 Å². The van der Waals surface area contributed by atoms with Gasteiger partial charge in [-0.3, -0.25) is 10.8 Å². The van der Waals surface area contributed by atoms with E-state index in [0.29, 0.717) is 30.2 Å². The van der Waals surface area contributed by atoms with Crippen LogP contribution < -0.4 is 9.64 Å². The molecule has 8 heteroatoms. The highest BCUT2D eigenvalue weighted by atomic mass is 19.1. The summed E-state index contributed by atoms with van der Waals surface area (Å²) in [5, 5.41) is 25.7. The number of rotatable bonds is 6. The molecule has 2 fully saturated rings. The fraction of sp³-hybridized carbons (Fsp3) is 0.391. The molecule has 1 saturated carbocycles. The van der Waals surface area contributed by atoms with Crippen LogP contribution in [0.2, 0.25) is 0 Å². The molecule has 1 aliphatic carbocycles. The minimum absolute atomic E-state index is 0.0650. The molecule has 0 amide bonds. The average molecular weight is 420 g/mol. The van der Waals surface area contributed by atoms with E-state index in [-0.39, 0.29) is 12.0 Å². The predicted octanol–water partition coefficient (Wildman–Crippen LogP) is 4.03. The Hall–Kier alpha value is -3.47. The monoisotopic (exact) mass is 420 g/mol. The molecule has 0 radical (unpaired) electrons. The standard InChI is InChI=1S/C23H25FN6O/c1-29(14-26)23(27)15-8-10-30(11-9-15)22-18(16-2-7-21(24)28-13-16)5-6-20(19(22)12-25)31-17-3-4-17/h2,5-7,13-15,17,26-27H,3-4,8-11H2,1H3. The molecular weight excluding hydrogens is 395 g/mol. The highest BCUT2D eigenvalue weighted by Gasteiger charge is 2.30. The average Bonchev–Trinajstić information content (AvgIpc) is 3.62. The maximum atomic E-state index is 13.4. The summed E-state index contributed by atoms with van der Waals surface area (Å²) in [6.45, 7) is 1.34. The van der Waals surface area contributed by atoms with Gasteiger partial charge >= 0.3 is 0 Å². The van der Waals surface area contributed by atoms with Crippen molar-refractivity contribution in [3.8, 4) is 22.9 Å². The summed E-state index contributed by atoms with van der Waals surface area (Å²) in [6, 6.07) is 9.06. The van der Waals surface area contributed by atoms with Crippen molar-refractivity contribution in [1.82, 2.24) is 9.88 Å². The SMILES string of the molecule is CN(C=N)C(=N)C1CCN(c2c(-c3ccc(F)nc3)ccc(OC3CC3)c2C#N)CC1. The molecule has 0 bridgehead atoms. The van der Waals surface area contributed by atoms with Crippen molar-refractivity contribution >= 4 is 17.9 Å². The first-order chi connectivity index (χ1) is 15.0. The molecule has 7 nitrogen and oxygen atoms in total. The number of amidine groups is 1. The third kappa shape index (κ3) is 4.36. The van der Waals surface area contributed by atoms with E-state index < -0.39 is 5.95 Å². The molecule has 2 heterocycles. The third-order valence-electron chi connectivity index (χ3n) is 5.88. The molecule has 1 aromatic carbocycles. The lowest BCUT2D eigenvalue weighted by atomic mass is 9.92. The number of benzene rings is 1. The zero-order chi connectivity index (χ0) is 22.0. The molecular formula is C23H25FN6O. The Labute approximate surface area is 181 Å². The lowest BCUT2D eigenvalue weighted by Crippen LogP contribution is -2.41. The molecule has 2 aliphatic rings. The van der Waals surface area contributed by atoms with Gasteiger partial charge in [0.1, 0.15) is 23.2 Å². The minimum atomic E-state index is -0.547. The second kappa shape index (κ2) is 8.72. The van der Waals surface area contributed by atoms with Crippen molar-refractivity contribution in [1.29, 1.82) is 16.1 Å². The van der Waals surface area contributed by atoms with Gasteiger partial charge < -0.3 is 14.5 Å². The number of pyridine rings is 1. The van der Waals surface area contributed by atoms with Crippen LogP contribution in [0, 0.1) is 34.0 Å². The van der Waals surface area contributed by atoms with Crippen molar-refractivity contribution in [3.05, 3.63) is 42.0 Å². The van der Waals surface area contributed by atoms with Crippen LogP contribution >= 0.6 is 0 Å². The summed E-state index contributed by atoms with van der Waals surface area (Å²) in [4.78, 5) is 7.47. The van der Waals surface area contributed by atoms with Crippen molar-refractivity contribution in [2.24, 2.45) is 5.92 Å². The van der Waals surface area contributed by atoms with E-state index in [1.165, 1.54) is 17.2 Å². The van der Waals surface area contributed by atoms with E-state index in [9.17, 15) is 9.65 Å². The van der Waals surface area contributed by atoms with Crippen LogP contribution in [-0.2, 0) is 0 Å². The van der Waals surface area contributed by atoms with Gasteiger partial charge in [-0.05, 0) is 49.9 Å². The largest absolute Gasteiger partial charge is 0.489 e. The first-order valence-electron chi connectivity index (χ1n) is 10.4. The van der Waals surface area contributed by atoms with Crippen molar-refractivity contribution in [3.63, 3.8) is 0 Å². The second-order valence-electron chi connectivity index (χ2n) is 8.02. The summed E-state index contributed by atoms with van der Waals surface area (Å²) < 4.78 is 19.4. The molecule has 0 unspecified atom stereocenters. The number of anilines is 1. The molecule has 1 saturated heterocycles. The van der Waals surface area contributed by atoms with Gasteiger partial charge in [0.05, 0.1) is 18.1 Å². The van der Waals surface area contributed by atoms with Gasteiger partial charge in [-0.25, -0.2) is 4.98 Å². The van der Waals surface area contributed by atoms with E-state index >= 15 is 0 Å². The topological polar surface area (TPSA) is 100 Å². The van der Waals surface area contributed by atoms with Gasteiger partial charge in [-0.1, -0.05) is 0 Å². The Morgan fingerprint density at radius 3 is 2.58 bits per heavy atom. The number of aromatic nitrogens is 1. The van der Waals surface area contributed by atoms with Crippen LogP contribution in [0.25, 0.3) is 11.1 Å². The van der Waals surface area contributed by atoms with E-state index in [1.807, 2.05) is 12.1 Å². The highest BCUT2D eigenvalue weighted by Crippen LogP contribution is 2.41. The molecule has 0 atom stereocenters. The van der Waals surface area contributed by atoms with E-state index in [1.54, 1.807) is 13.1 Å². The Morgan fingerprint density at radius 2 is 2.00 bits per heavy atom. The Morgan fingerprint density at radius 1 is 1.26 bits per heavy atom. The summed E-state index contributed by atoms with van der Waals surface area (Å²) in [5.41, 5.74) is 2.82. The van der Waals surface area contributed by atoms with Crippen LogP contribution in [0.1, 0.15) is 31.2 Å². The summed E-state index contributed by atoms with van der Waals surface area (Å²) in [6.07, 6.45) is 6.29. The van der Waals surface area contributed by atoms with E-state index in [0.717, 1.165) is 48.8 Å². The van der Waals surface area contributed by atoms with Gasteiger partial charge in [0.15, 0.2) is 0 Å². The lowest BCUT2D eigenvalue weighted by molar-refractivity contribution is 0.302. The molecule has 4 rings (SSSR count). The normalized spacial score (nSPS) is 16.5. The fourth-order valence-electron chi connectivity index (χ4n) is 3.97. The maximum absolute atomic E-state index is 13.4. The molecule has 2 N–H and O–H groups in total. The number of nitrogens with one attached hydrogen (secondary N) is 2. The van der Waals surface area contributed by atoms with Crippen LogP contribution in [-0.4, -0.2) is 48.3 Å². The van der Waals surface area contributed by atoms with E-state index in [2.05, 4.69) is 16.0 Å². The smallest absolute Gasteiger partial charge is 0.212 e. The van der Waals surface area contributed by atoms with Crippen LogP contribution in [0.4, 0.5) is 10.1 Å². The fourth-order valence-corrected chi connectivity index (χ4v) is 3.97. The van der Waals surface area contributed by atoms with Gasteiger partial charge in [0.25, 0.3) is 0 Å². The number of hydrogen-bond acceptors (Lipinski definition) is 6. The lowest BCUT2D eigenvalue weighted by Gasteiger charge is -2.36. The number of halogens is 1. The van der Waals surface area contributed by atoms with Crippen molar-refractivity contribution in [2.45, 2.75) is 31.8 Å². The Kier molecular flexibility index (Phi) is 5.85. The molecule has 2 aromatic rings. The molecule has 0 spiro atoms. The van der Waals surface area contributed by atoms with Crippen LogP contribution in [0.5, 0.6) is 5.75 Å². The van der Waals surface area contributed by atoms with Crippen molar-refractivity contribution < 1.29 is 9.13 Å². The summed E-state index contributed by atoms with van der Waals surface area (Å²) >= 11 is 0. The molecule has 1 aromatic heterocycles. The number of hydrogen-bond donors (Lipinski definition) is 2. The summed E-state index contributed by atoms with van der Waals surface area (Å²) in [7, 11) is 1.72. The third-order valence-corrected chi connectivity index (χ3v) is 5.88. The summed E-state index contributed by atoms with van der Waals surface area (Å²) in [5.74, 6) is 0.533. The van der Waals surface area contributed by atoms with Gasteiger partial charge in [0.2, 0.25) is 5.95 Å².